The molecule has 2 aromatic rings. The summed E-state index contributed by atoms with van der Waals surface area (Å²) in [5.41, 5.74) is 2.38. The van der Waals surface area contributed by atoms with Crippen molar-refractivity contribution < 1.29 is 49.2 Å². The van der Waals surface area contributed by atoms with E-state index in [0.29, 0.717) is 0 Å². The number of fused-ring (bicyclic) bond motifs is 1. The van der Waals surface area contributed by atoms with Gasteiger partial charge in [0.2, 0.25) is 11.0 Å². The lowest BCUT2D eigenvalue weighted by atomic mass is 10.0. The summed E-state index contributed by atoms with van der Waals surface area (Å²) in [7, 11) is 0. The minimum atomic E-state index is -1.82. The molecule has 44 heavy (non-hydrogen) atoms. The molecule has 4 heterocycles. The highest BCUT2D eigenvalue weighted by atomic mass is 32.2. The van der Waals surface area contributed by atoms with E-state index in [0.717, 1.165) is 44.8 Å². The summed E-state index contributed by atoms with van der Waals surface area (Å²) < 4.78 is 1.08. The van der Waals surface area contributed by atoms with Gasteiger partial charge in [0, 0.05) is 22.9 Å². The number of pyridine rings is 1. The maximum atomic E-state index is 13.2. The topological polar surface area (TPSA) is 264 Å². The number of β-lactam (4-membered cyclic amide) rings is 1. The Morgan fingerprint density at radius 1 is 1.23 bits per heavy atom. The summed E-state index contributed by atoms with van der Waals surface area (Å²) in [5.74, 6) is -6.43. The highest BCUT2D eigenvalue weighted by molar-refractivity contribution is 8.00. The Bertz CT molecular complexity index is 1720. The Morgan fingerprint density at radius 2 is 1.93 bits per heavy atom. The first kappa shape index (κ1) is 31.8. The van der Waals surface area contributed by atoms with E-state index >= 15 is 0 Å². The molecular formula is C25H24N6O11S2. The maximum Gasteiger partial charge on any atom is 0.352 e. The smallest absolute Gasteiger partial charge is 0.352 e. The fraction of sp³-hybridized carbons (Fsp3) is 0.280. The monoisotopic (exact) mass is 648 g/mol. The highest BCUT2D eigenvalue weighted by Gasteiger charge is 2.54. The van der Waals surface area contributed by atoms with Gasteiger partial charge in [0.05, 0.1) is 6.20 Å². The molecule has 232 valence electrons. The molecule has 2 atom stereocenters. The average molecular weight is 649 g/mol. The zero-order chi connectivity index (χ0) is 32.5. The lowest BCUT2D eigenvalue weighted by Gasteiger charge is -2.49. The Morgan fingerprint density at radius 3 is 2.52 bits per heavy atom. The van der Waals surface area contributed by atoms with Gasteiger partial charge in [-0.3, -0.25) is 24.1 Å². The summed E-state index contributed by atoms with van der Waals surface area (Å²) >= 11 is 2.09. The number of thioether (sulfide) groups is 1. The van der Waals surface area contributed by atoms with Crippen LogP contribution in [0.1, 0.15) is 25.2 Å². The number of carbonyl (C=O) groups is 5. The molecule has 0 spiro atoms. The fourth-order valence-electron chi connectivity index (χ4n) is 3.97. The van der Waals surface area contributed by atoms with Gasteiger partial charge in [-0.15, -0.1) is 23.1 Å². The predicted molar refractivity (Wildman–Crippen MR) is 155 cm³/mol. The molecule has 2 aromatic heterocycles. The lowest BCUT2D eigenvalue weighted by molar-refractivity contribution is -0.161. The van der Waals surface area contributed by atoms with Gasteiger partial charge in [-0.05, 0) is 25.5 Å². The number of allylic oxidation sites excluding steroid dienone is 1. The Balaban J connectivity index is 1.59. The van der Waals surface area contributed by atoms with E-state index in [9.17, 15) is 44.1 Å². The first-order chi connectivity index (χ1) is 20.6. The van der Waals surface area contributed by atoms with Crippen LogP contribution in [-0.4, -0.2) is 93.1 Å². The third kappa shape index (κ3) is 6.42. The number of hydrogen-bond donors (Lipinski definition) is 6. The van der Waals surface area contributed by atoms with Gasteiger partial charge in [0.1, 0.15) is 29.4 Å². The van der Waals surface area contributed by atoms with Crippen molar-refractivity contribution in [1.82, 2.24) is 19.8 Å². The summed E-state index contributed by atoms with van der Waals surface area (Å²) in [5, 5.41) is 44.8. The SMILES string of the molecule is CC(C)(O/N=C(\C(=O)N[C@@H]1C(=O)N2C(C(=O)O)=C(/C=C/c3cc(=O)c(O)cn3CC(=O)O)CS[C@H]12)c1csc(N)n1)C(=O)O. The van der Waals surface area contributed by atoms with Crippen LogP contribution in [0, 0.1) is 0 Å². The number of aliphatic carboxylic acids is 3. The van der Waals surface area contributed by atoms with Crippen molar-refractivity contribution in [3.63, 3.8) is 0 Å². The first-order valence-electron chi connectivity index (χ1n) is 12.4. The van der Waals surface area contributed by atoms with E-state index in [1.165, 1.54) is 31.4 Å². The van der Waals surface area contributed by atoms with Crippen molar-refractivity contribution in [2.45, 2.75) is 37.4 Å². The van der Waals surface area contributed by atoms with Crippen LogP contribution in [0.5, 0.6) is 5.75 Å². The van der Waals surface area contributed by atoms with Crippen LogP contribution in [0.25, 0.3) is 6.08 Å². The van der Waals surface area contributed by atoms with Crippen LogP contribution in [-0.2, 0) is 35.4 Å². The zero-order valence-electron chi connectivity index (χ0n) is 22.8. The average Bonchev–Trinajstić information content (AvgIpc) is 3.37. The van der Waals surface area contributed by atoms with E-state index in [1.807, 2.05) is 0 Å². The molecule has 7 N–H and O–H groups in total. The summed E-state index contributed by atoms with van der Waals surface area (Å²) in [6.07, 6.45) is 3.54. The zero-order valence-corrected chi connectivity index (χ0v) is 24.4. The molecule has 2 amide bonds. The molecule has 2 aliphatic rings. The second-order valence-corrected chi connectivity index (χ2v) is 11.8. The van der Waals surface area contributed by atoms with Crippen molar-refractivity contribution in [3.05, 3.63) is 56.6 Å². The van der Waals surface area contributed by atoms with E-state index in [4.69, 9.17) is 15.7 Å². The predicted octanol–water partition coefficient (Wildman–Crippen LogP) is -0.287. The number of aromatic hydroxyl groups is 1. The van der Waals surface area contributed by atoms with E-state index in [-0.39, 0.29) is 33.5 Å². The Kier molecular flexibility index (Phi) is 8.81. The summed E-state index contributed by atoms with van der Waals surface area (Å²) in [6, 6.07) is -0.218. The number of nitrogens with zero attached hydrogens (tertiary/aromatic N) is 4. The molecule has 2 aliphatic heterocycles. The van der Waals surface area contributed by atoms with Gasteiger partial charge < -0.3 is 40.9 Å². The van der Waals surface area contributed by atoms with Crippen LogP contribution in [0.2, 0.25) is 0 Å². The van der Waals surface area contributed by atoms with Gasteiger partial charge in [0.25, 0.3) is 11.8 Å². The van der Waals surface area contributed by atoms with Crippen LogP contribution in [0.4, 0.5) is 5.13 Å². The molecule has 0 saturated carbocycles. The van der Waals surface area contributed by atoms with Crippen molar-refractivity contribution in [2.75, 3.05) is 11.5 Å². The molecule has 4 rings (SSSR count). The third-order valence-corrected chi connectivity index (χ3v) is 8.22. The quantitative estimate of drug-likeness (QED) is 0.104. The normalized spacial score (nSPS) is 18.5. The summed E-state index contributed by atoms with van der Waals surface area (Å²) in [4.78, 5) is 83.2. The van der Waals surface area contributed by atoms with Crippen LogP contribution in [0.3, 0.4) is 0 Å². The van der Waals surface area contributed by atoms with Crippen molar-refractivity contribution in [2.24, 2.45) is 5.16 Å². The molecule has 1 saturated heterocycles. The number of hydrogen-bond acceptors (Lipinski definition) is 13. The molecule has 0 aliphatic carbocycles. The molecule has 0 unspecified atom stereocenters. The number of rotatable bonds is 11. The Hall–Kier alpha value is -5.17. The number of oxime groups is 1. The number of thiazole rings is 1. The molecule has 0 bridgehead atoms. The van der Waals surface area contributed by atoms with Crippen LogP contribution >= 0.6 is 23.1 Å². The number of carboxylic acids is 3. The standard InChI is InChI=1S/C25H24N6O11S2/c1-25(2,23(40)41)42-29-16(12-9-44-24(26)27-12)19(36)28-17-20(37)31-18(22(38)39)10(8-43-21(17)31)3-4-11-5-13(32)14(33)6-30(11)7-15(34)35/h3-6,9,17,21,33H,7-8H2,1-2H3,(H2,26,27)(H,28,36)(H,34,35)(H,38,39)(H,40,41)/b4-3+,29-16-/t17-,21-/m1/s1. The number of carbonyl (C=O) groups excluding carboxylic acids is 2. The fourth-order valence-corrected chi connectivity index (χ4v) is 5.84. The summed E-state index contributed by atoms with van der Waals surface area (Å²) in [6.45, 7) is 1.81. The molecule has 0 aromatic carbocycles. The highest BCUT2D eigenvalue weighted by Crippen LogP contribution is 2.41. The van der Waals surface area contributed by atoms with Gasteiger partial charge in [0.15, 0.2) is 16.6 Å². The number of anilines is 1. The van der Waals surface area contributed by atoms with Gasteiger partial charge in [-0.1, -0.05) is 11.2 Å². The maximum absolute atomic E-state index is 13.2. The molecule has 1 fully saturated rings. The van der Waals surface area contributed by atoms with Gasteiger partial charge in [-0.25, -0.2) is 14.6 Å². The number of amides is 2. The molecule has 0 radical (unpaired) electrons. The van der Waals surface area contributed by atoms with Crippen molar-refractivity contribution >= 4 is 69.7 Å². The van der Waals surface area contributed by atoms with E-state index < -0.39 is 70.2 Å². The van der Waals surface area contributed by atoms with Gasteiger partial charge in [-0.2, -0.15) is 0 Å². The second-order valence-electron chi connectivity index (χ2n) is 9.76. The largest absolute Gasteiger partial charge is 0.503 e. The van der Waals surface area contributed by atoms with E-state index in [1.54, 1.807) is 0 Å². The number of nitrogen functional groups attached to an aromatic ring is 1. The van der Waals surface area contributed by atoms with Gasteiger partial charge >= 0.3 is 17.9 Å². The third-order valence-electron chi connectivity index (χ3n) is 6.25. The minimum absolute atomic E-state index is 0.0413. The minimum Gasteiger partial charge on any atom is -0.503 e. The van der Waals surface area contributed by atoms with Crippen LogP contribution in [0.15, 0.2) is 44.9 Å². The lowest BCUT2D eigenvalue weighted by Crippen LogP contribution is -2.71. The molecular weight excluding hydrogens is 624 g/mol. The number of carboxylic acid groups (broad SMARTS) is 3. The van der Waals surface area contributed by atoms with Crippen molar-refractivity contribution in [3.8, 4) is 5.75 Å². The Labute approximate surface area is 254 Å². The number of nitrogens with two attached hydrogens (primary N) is 1. The van der Waals surface area contributed by atoms with Crippen molar-refractivity contribution in [1.29, 1.82) is 0 Å². The second kappa shape index (κ2) is 12.2. The first-order valence-corrected chi connectivity index (χ1v) is 14.3. The molecule has 19 heteroatoms. The van der Waals surface area contributed by atoms with Crippen LogP contribution < -0.4 is 16.5 Å². The van der Waals surface area contributed by atoms with E-state index in [2.05, 4.69) is 15.5 Å². The number of aromatic nitrogens is 2. The molecule has 17 nitrogen and oxygen atoms in total. The number of nitrogens with one attached hydrogen (secondary N) is 1.